The van der Waals surface area contributed by atoms with Crippen LogP contribution in [0.25, 0.3) is 11.3 Å². The molecule has 1 atom stereocenters. The second kappa shape index (κ2) is 8.60. The van der Waals surface area contributed by atoms with Crippen LogP contribution in [0.5, 0.6) is 17.4 Å². The number of carbonyl (C=O) groups is 1. The molecule has 0 fully saturated rings. The van der Waals surface area contributed by atoms with Crippen LogP contribution in [0.15, 0.2) is 41.6 Å². The summed E-state index contributed by atoms with van der Waals surface area (Å²) in [6.07, 6.45) is 0.949. The number of ether oxygens (including phenoxy) is 3. The SMILES string of the molecule is COc1ccc(OC)c([C@@H]2Oc3nc(SC)nnc3-c3cc(Cl)ccc3N2C(C)=O)c1. The van der Waals surface area contributed by atoms with Gasteiger partial charge in [-0.05, 0) is 42.7 Å². The van der Waals surface area contributed by atoms with Crippen molar-refractivity contribution >= 4 is 35.0 Å². The first kappa shape index (κ1) is 21.2. The van der Waals surface area contributed by atoms with E-state index in [1.807, 2.05) is 6.26 Å². The van der Waals surface area contributed by atoms with Crippen molar-refractivity contribution in [2.24, 2.45) is 0 Å². The lowest BCUT2D eigenvalue weighted by molar-refractivity contribution is -0.118. The van der Waals surface area contributed by atoms with Gasteiger partial charge in [0.25, 0.3) is 0 Å². The summed E-state index contributed by atoms with van der Waals surface area (Å²) >= 11 is 7.60. The van der Waals surface area contributed by atoms with E-state index in [4.69, 9.17) is 25.8 Å². The molecule has 10 heteroatoms. The first-order chi connectivity index (χ1) is 15.0. The molecule has 160 valence electrons. The molecular formula is C21H19ClN4O4S. The molecule has 8 nitrogen and oxygen atoms in total. The summed E-state index contributed by atoms with van der Waals surface area (Å²) in [6, 6.07) is 10.5. The number of methoxy groups -OCH3 is 2. The normalized spacial score (nSPS) is 14.7. The fraction of sp³-hybridized carbons (Fsp3) is 0.238. The summed E-state index contributed by atoms with van der Waals surface area (Å²) in [5, 5.41) is 9.39. The fourth-order valence-electron chi connectivity index (χ4n) is 3.40. The van der Waals surface area contributed by atoms with Gasteiger partial charge in [-0.3, -0.25) is 9.69 Å². The molecule has 1 aromatic heterocycles. The minimum absolute atomic E-state index is 0.237. The smallest absolute Gasteiger partial charge is 0.247 e. The Hall–Kier alpha value is -3.04. The lowest BCUT2D eigenvalue weighted by Gasteiger charge is -2.30. The highest BCUT2D eigenvalue weighted by Crippen LogP contribution is 2.46. The fourth-order valence-corrected chi connectivity index (χ4v) is 3.87. The van der Waals surface area contributed by atoms with Crippen molar-refractivity contribution in [3.63, 3.8) is 0 Å². The maximum Gasteiger partial charge on any atom is 0.247 e. The molecule has 2 aromatic carbocycles. The molecule has 31 heavy (non-hydrogen) atoms. The Labute approximate surface area is 188 Å². The Morgan fingerprint density at radius 3 is 2.65 bits per heavy atom. The predicted molar refractivity (Wildman–Crippen MR) is 118 cm³/mol. The van der Waals surface area contributed by atoms with Crippen LogP contribution in [0.2, 0.25) is 5.02 Å². The van der Waals surface area contributed by atoms with Gasteiger partial charge in [-0.1, -0.05) is 23.4 Å². The van der Waals surface area contributed by atoms with Crippen LogP contribution in [0.1, 0.15) is 18.7 Å². The van der Waals surface area contributed by atoms with Crippen molar-refractivity contribution in [3.8, 4) is 28.6 Å². The van der Waals surface area contributed by atoms with E-state index in [0.29, 0.717) is 44.2 Å². The van der Waals surface area contributed by atoms with Crippen molar-refractivity contribution in [3.05, 3.63) is 47.0 Å². The molecule has 1 amide bonds. The Morgan fingerprint density at radius 1 is 1.16 bits per heavy atom. The maximum absolute atomic E-state index is 12.9. The van der Waals surface area contributed by atoms with E-state index in [1.54, 1.807) is 50.6 Å². The van der Waals surface area contributed by atoms with Crippen molar-refractivity contribution < 1.29 is 19.0 Å². The average molecular weight is 459 g/mol. The molecule has 0 saturated heterocycles. The Morgan fingerprint density at radius 2 is 1.97 bits per heavy atom. The summed E-state index contributed by atoms with van der Waals surface area (Å²) in [7, 11) is 3.12. The van der Waals surface area contributed by atoms with Gasteiger partial charge in [0.15, 0.2) is 5.69 Å². The molecule has 1 aliphatic rings. The molecule has 0 radical (unpaired) electrons. The third-order valence-electron chi connectivity index (χ3n) is 4.79. The highest BCUT2D eigenvalue weighted by Gasteiger charge is 2.36. The topological polar surface area (TPSA) is 86.7 Å². The number of aromatic nitrogens is 3. The van der Waals surface area contributed by atoms with Crippen molar-refractivity contribution in [1.82, 2.24) is 15.2 Å². The van der Waals surface area contributed by atoms with E-state index in [9.17, 15) is 4.79 Å². The first-order valence-electron chi connectivity index (χ1n) is 9.23. The van der Waals surface area contributed by atoms with E-state index in [1.165, 1.54) is 23.6 Å². The number of hydrogen-bond acceptors (Lipinski definition) is 8. The van der Waals surface area contributed by atoms with Gasteiger partial charge in [-0.25, -0.2) is 0 Å². The average Bonchev–Trinajstić information content (AvgIpc) is 2.92. The van der Waals surface area contributed by atoms with E-state index in [2.05, 4.69) is 15.2 Å². The number of anilines is 1. The lowest BCUT2D eigenvalue weighted by Crippen LogP contribution is -2.36. The monoisotopic (exact) mass is 458 g/mol. The van der Waals surface area contributed by atoms with Gasteiger partial charge in [0.2, 0.25) is 23.2 Å². The van der Waals surface area contributed by atoms with Crippen molar-refractivity contribution in [2.45, 2.75) is 18.3 Å². The minimum atomic E-state index is -0.893. The van der Waals surface area contributed by atoms with Gasteiger partial charge < -0.3 is 14.2 Å². The minimum Gasteiger partial charge on any atom is -0.497 e. The number of thioether (sulfide) groups is 1. The van der Waals surface area contributed by atoms with E-state index >= 15 is 0 Å². The summed E-state index contributed by atoms with van der Waals surface area (Å²) in [5.74, 6) is 1.11. The number of rotatable bonds is 4. The molecule has 0 spiro atoms. The number of hydrogen-bond donors (Lipinski definition) is 0. The van der Waals surface area contributed by atoms with Gasteiger partial charge in [0.1, 0.15) is 11.5 Å². The van der Waals surface area contributed by atoms with Crippen LogP contribution in [0, 0.1) is 0 Å². The van der Waals surface area contributed by atoms with E-state index < -0.39 is 6.23 Å². The Bertz CT molecular complexity index is 1160. The van der Waals surface area contributed by atoms with Gasteiger partial charge in [-0.2, -0.15) is 4.98 Å². The first-order valence-corrected chi connectivity index (χ1v) is 10.8. The van der Waals surface area contributed by atoms with Gasteiger partial charge in [-0.15, -0.1) is 10.2 Å². The molecule has 3 aromatic rings. The van der Waals surface area contributed by atoms with Crippen LogP contribution < -0.4 is 19.1 Å². The second-order valence-electron chi connectivity index (χ2n) is 6.58. The summed E-state index contributed by atoms with van der Waals surface area (Å²) in [5.41, 5.74) is 2.15. The molecule has 0 N–H and O–H groups in total. The molecular weight excluding hydrogens is 440 g/mol. The number of carbonyl (C=O) groups excluding carboxylic acids is 1. The number of fused-ring (bicyclic) bond motifs is 3. The molecule has 1 aliphatic heterocycles. The molecule has 0 saturated carbocycles. The van der Waals surface area contributed by atoms with Gasteiger partial charge >= 0.3 is 0 Å². The summed E-state index contributed by atoms with van der Waals surface area (Å²) in [4.78, 5) is 18.9. The van der Waals surface area contributed by atoms with E-state index in [-0.39, 0.29) is 11.8 Å². The lowest BCUT2D eigenvalue weighted by atomic mass is 10.1. The number of nitrogens with zero attached hydrogens (tertiary/aromatic N) is 4. The molecule has 0 bridgehead atoms. The Balaban J connectivity index is 2.02. The number of benzene rings is 2. The van der Waals surface area contributed by atoms with Crippen molar-refractivity contribution in [2.75, 3.05) is 25.4 Å². The van der Waals surface area contributed by atoms with Crippen LogP contribution >= 0.6 is 23.4 Å². The van der Waals surface area contributed by atoms with Crippen LogP contribution in [-0.4, -0.2) is 41.6 Å². The summed E-state index contributed by atoms with van der Waals surface area (Å²) in [6.45, 7) is 1.46. The molecule has 2 heterocycles. The molecule has 0 aliphatic carbocycles. The largest absolute Gasteiger partial charge is 0.497 e. The Kier molecular flexibility index (Phi) is 5.88. The van der Waals surface area contributed by atoms with Crippen molar-refractivity contribution in [1.29, 1.82) is 0 Å². The molecule has 0 unspecified atom stereocenters. The zero-order valence-electron chi connectivity index (χ0n) is 17.2. The van der Waals surface area contributed by atoms with E-state index in [0.717, 1.165) is 0 Å². The van der Waals surface area contributed by atoms with Gasteiger partial charge in [0.05, 0.1) is 25.5 Å². The third-order valence-corrected chi connectivity index (χ3v) is 5.56. The highest BCUT2D eigenvalue weighted by molar-refractivity contribution is 7.98. The predicted octanol–water partition coefficient (Wildman–Crippen LogP) is 4.38. The zero-order valence-corrected chi connectivity index (χ0v) is 18.8. The standard InChI is InChI=1S/C21H19ClN4O4S/c1-11(27)26-16-7-5-12(22)9-14(16)18-19(23-21(31-4)25-24-18)30-20(26)15-10-13(28-2)6-8-17(15)29-3/h5-10,20H,1-4H3/t20-/m0/s1. The highest BCUT2D eigenvalue weighted by atomic mass is 35.5. The quantitative estimate of drug-likeness (QED) is 0.532. The second-order valence-corrected chi connectivity index (χ2v) is 7.79. The van der Waals surface area contributed by atoms with Gasteiger partial charge in [0, 0.05) is 17.5 Å². The van der Waals surface area contributed by atoms with Crippen LogP contribution in [-0.2, 0) is 4.79 Å². The van der Waals surface area contributed by atoms with Crippen LogP contribution in [0.3, 0.4) is 0 Å². The number of amides is 1. The molecule has 4 rings (SSSR count). The van der Waals surface area contributed by atoms with Crippen LogP contribution in [0.4, 0.5) is 5.69 Å². The number of halogens is 1. The maximum atomic E-state index is 12.9. The zero-order chi connectivity index (χ0) is 22.1. The summed E-state index contributed by atoms with van der Waals surface area (Å²) < 4.78 is 17.3. The third kappa shape index (κ3) is 3.86.